The maximum absolute atomic E-state index is 9.98. The summed E-state index contributed by atoms with van der Waals surface area (Å²) in [5.74, 6) is 0.137. The lowest BCUT2D eigenvalue weighted by Crippen LogP contribution is -2.53. The number of aliphatic hydroxyl groups excluding tert-OH is 2. The molecule has 0 amide bonds. The van der Waals surface area contributed by atoms with Gasteiger partial charge in [-0.3, -0.25) is 0 Å². The van der Waals surface area contributed by atoms with E-state index >= 15 is 0 Å². The first kappa shape index (κ1) is 13.9. The average molecular weight is 304 g/mol. The number of aliphatic hydroxyl groups is 2. The zero-order chi connectivity index (χ0) is 14.5. The predicted octanol–water partition coefficient (Wildman–Crippen LogP) is 1.65. The van der Waals surface area contributed by atoms with Crippen molar-refractivity contribution in [1.82, 2.24) is 0 Å². The lowest BCUT2D eigenvalue weighted by atomic mass is 9.96. The van der Waals surface area contributed by atoms with Gasteiger partial charge in [0.15, 0.2) is 0 Å². The van der Waals surface area contributed by atoms with Crippen LogP contribution in [0.15, 0.2) is 30.3 Å². The van der Waals surface area contributed by atoms with E-state index in [1.54, 1.807) is 5.19 Å². The molecule has 1 saturated carbocycles. The van der Waals surface area contributed by atoms with Gasteiger partial charge in [-0.05, 0) is 12.0 Å². The Kier molecular flexibility index (Phi) is 3.26. The van der Waals surface area contributed by atoms with Crippen LogP contribution in [0.3, 0.4) is 0 Å². The highest BCUT2D eigenvalue weighted by molar-refractivity contribution is 6.93. The summed E-state index contributed by atoms with van der Waals surface area (Å²) < 4.78 is 5.78. The van der Waals surface area contributed by atoms with Crippen molar-refractivity contribution in [2.75, 3.05) is 13.2 Å². The van der Waals surface area contributed by atoms with E-state index in [0.717, 1.165) is 6.42 Å². The van der Waals surface area contributed by atoms with Gasteiger partial charge in [0, 0.05) is 12.5 Å². The molecule has 114 valence electrons. The van der Waals surface area contributed by atoms with Crippen molar-refractivity contribution in [3.05, 3.63) is 30.3 Å². The van der Waals surface area contributed by atoms with Gasteiger partial charge >= 0.3 is 0 Å². The van der Waals surface area contributed by atoms with E-state index in [4.69, 9.17) is 4.74 Å². The monoisotopic (exact) mass is 304 g/mol. The second-order valence-corrected chi connectivity index (χ2v) is 11.7. The summed E-state index contributed by atoms with van der Waals surface area (Å²) in [6.07, 6.45) is 3.90. The van der Waals surface area contributed by atoms with Crippen molar-refractivity contribution >= 4 is 13.3 Å². The topological polar surface area (TPSA) is 53.0 Å². The molecule has 1 aliphatic carbocycles. The molecule has 1 aromatic carbocycles. The van der Waals surface area contributed by atoms with Crippen LogP contribution in [0, 0.1) is 5.92 Å². The molecule has 3 fully saturated rings. The van der Waals surface area contributed by atoms with Gasteiger partial charge < -0.3 is 14.9 Å². The minimum Gasteiger partial charge on any atom is -0.396 e. The minimum absolute atomic E-state index is 0.0681. The average Bonchev–Trinajstić information content (AvgIpc) is 2.92. The summed E-state index contributed by atoms with van der Waals surface area (Å²) in [7, 11) is -1.59. The van der Waals surface area contributed by atoms with E-state index in [0.29, 0.717) is 5.54 Å². The van der Waals surface area contributed by atoms with Gasteiger partial charge in [-0.2, -0.15) is 0 Å². The van der Waals surface area contributed by atoms with E-state index < -0.39 is 13.7 Å². The largest absolute Gasteiger partial charge is 0.396 e. The zero-order valence-electron chi connectivity index (χ0n) is 12.4. The molecular weight excluding hydrogens is 280 g/mol. The van der Waals surface area contributed by atoms with E-state index in [2.05, 4.69) is 30.3 Å². The molecule has 0 spiro atoms. The lowest BCUT2D eigenvalue weighted by molar-refractivity contribution is 0.0746. The van der Waals surface area contributed by atoms with Crippen LogP contribution in [-0.2, 0) is 4.74 Å². The van der Waals surface area contributed by atoms with Crippen molar-refractivity contribution in [1.29, 1.82) is 0 Å². The SMILES string of the molecule is OC[C@@H]1[C@H]([Si]2(c3ccccc3)CCCC2)C[C@H]2O[C@@]12CO. The molecule has 1 aromatic rings. The molecular formula is C17H24O3Si. The maximum Gasteiger partial charge on any atom is 0.123 e. The van der Waals surface area contributed by atoms with Crippen molar-refractivity contribution in [2.24, 2.45) is 5.92 Å². The highest BCUT2D eigenvalue weighted by Gasteiger charge is 2.71. The Morgan fingerprint density at radius 2 is 1.86 bits per heavy atom. The first-order valence-corrected chi connectivity index (χ1v) is 10.7. The fourth-order valence-electron chi connectivity index (χ4n) is 5.34. The third kappa shape index (κ3) is 1.83. The molecule has 0 bridgehead atoms. The molecule has 21 heavy (non-hydrogen) atoms. The minimum atomic E-state index is -1.59. The van der Waals surface area contributed by atoms with Crippen LogP contribution in [0.2, 0.25) is 17.6 Å². The zero-order valence-corrected chi connectivity index (χ0v) is 13.4. The first-order valence-electron chi connectivity index (χ1n) is 8.22. The second kappa shape index (κ2) is 4.91. The highest BCUT2D eigenvalue weighted by atomic mass is 28.3. The summed E-state index contributed by atoms with van der Waals surface area (Å²) in [6, 6.07) is 13.7. The third-order valence-electron chi connectivity index (χ3n) is 6.43. The molecule has 4 rings (SSSR count). The van der Waals surface area contributed by atoms with Gasteiger partial charge in [0.25, 0.3) is 0 Å². The van der Waals surface area contributed by atoms with E-state index in [-0.39, 0.29) is 25.2 Å². The fourth-order valence-corrected chi connectivity index (χ4v) is 11.8. The Bertz CT molecular complexity index is 510. The van der Waals surface area contributed by atoms with Crippen LogP contribution in [-0.4, -0.2) is 43.2 Å². The molecule has 2 heterocycles. The summed E-state index contributed by atoms with van der Waals surface area (Å²) in [5, 5.41) is 21.3. The number of ether oxygens (including phenoxy) is 1. The summed E-state index contributed by atoms with van der Waals surface area (Å²) in [4.78, 5) is 0. The van der Waals surface area contributed by atoms with Crippen LogP contribution in [0.25, 0.3) is 0 Å². The van der Waals surface area contributed by atoms with Gasteiger partial charge in [0.05, 0.1) is 20.8 Å². The normalized spacial score (nSPS) is 40.2. The Morgan fingerprint density at radius 1 is 1.14 bits per heavy atom. The standard InChI is InChI=1S/C17H24O3Si/c18-11-14-15(10-16-17(14,12-19)20-16)21(8-4-5-9-21)13-6-2-1-3-7-13/h1-3,6-7,14-16,18-19H,4-5,8-12H2/t14-,15-,16-,17+/m1/s1. The smallest absolute Gasteiger partial charge is 0.123 e. The number of epoxide rings is 1. The Morgan fingerprint density at radius 3 is 2.48 bits per heavy atom. The summed E-state index contributed by atoms with van der Waals surface area (Å²) in [6.45, 7) is 0.224. The maximum atomic E-state index is 9.98. The lowest BCUT2D eigenvalue weighted by Gasteiger charge is -2.39. The van der Waals surface area contributed by atoms with Gasteiger partial charge in [-0.15, -0.1) is 0 Å². The molecule has 0 unspecified atom stereocenters. The van der Waals surface area contributed by atoms with Gasteiger partial charge in [0.1, 0.15) is 5.60 Å². The van der Waals surface area contributed by atoms with Gasteiger partial charge in [0.2, 0.25) is 0 Å². The first-order chi connectivity index (χ1) is 10.3. The Hall–Kier alpha value is -0.683. The highest BCUT2D eigenvalue weighted by Crippen LogP contribution is 2.63. The number of hydrogen-bond acceptors (Lipinski definition) is 3. The molecule has 2 N–H and O–H groups in total. The number of benzene rings is 1. The van der Waals surface area contributed by atoms with E-state index in [1.807, 2.05) is 0 Å². The van der Waals surface area contributed by atoms with Crippen molar-refractivity contribution in [3.8, 4) is 0 Å². The van der Waals surface area contributed by atoms with Crippen LogP contribution in [0.5, 0.6) is 0 Å². The molecule has 3 nitrogen and oxygen atoms in total. The Balaban J connectivity index is 1.73. The molecule has 3 aliphatic rings. The predicted molar refractivity (Wildman–Crippen MR) is 84.3 cm³/mol. The van der Waals surface area contributed by atoms with Crippen LogP contribution < -0.4 is 5.19 Å². The summed E-state index contributed by atoms with van der Waals surface area (Å²) >= 11 is 0. The van der Waals surface area contributed by atoms with Crippen molar-refractivity contribution in [3.63, 3.8) is 0 Å². The van der Waals surface area contributed by atoms with Crippen molar-refractivity contribution in [2.45, 2.75) is 48.6 Å². The Labute approximate surface area is 127 Å². The molecule has 4 heteroatoms. The molecule has 0 aromatic heterocycles. The van der Waals surface area contributed by atoms with Crippen LogP contribution in [0.1, 0.15) is 19.3 Å². The molecule has 2 aliphatic heterocycles. The van der Waals surface area contributed by atoms with Gasteiger partial charge in [-0.25, -0.2) is 0 Å². The second-order valence-electron chi connectivity index (χ2n) is 7.08. The fraction of sp³-hybridized carbons (Fsp3) is 0.647. The number of rotatable bonds is 4. The summed E-state index contributed by atoms with van der Waals surface area (Å²) in [5.41, 5.74) is 0.162. The van der Waals surface area contributed by atoms with Crippen LogP contribution >= 0.6 is 0 Å². The van der Waals surface area contributed by atoms with E-state index in [9.17, 15) is 10.2 Å². The quantitative estimate of drug-likeness (QED) is 0.657. The van der Waals surface area contributed by atoms with Gasteiger partial charge in [-0.1, -0.05) is 60.4 Å². The van der Waals surface area contributed by atoms with E-state index in [1.165, 1.54) is 24.9 Å². The third-order valence-corrected chi connectivity index (χ3v) is 12.5. The van der Waals surface area contributed by atoms with Crippen LogP contribution in [0.4, 0.5) is 0 Å². The number of hydrogen-bond donors (Lipinski definition) is 2. The molecule has 2 saturated heterocycles. The number of fused-ring (bicyclic) bond motifs is 1. The molecule has 4 atom stereocenters. The molecule has 0 radical (unpaired) electrons. The van der Waals surface area contributed by atoms with Crippen molar-refractivity contribution < 1.29 is 14.9 Å².